The summed E-state index contributed by atoms with van der Waals surface area (Å²) in [5, 5.41) is 9.93. The maximum absolute atomic E-state index is 9.93. The van der Waals surface area contributed by atoms with Gasteiger partial charge >= 0.3 is 0 Å². The molecule has 0 saturated carbocycles. The van der Waals surface area contributed by atoms with E-state index in [4.69, 9.17) is 5.73 Å². The van der Waals surface area contributed by atoms with Gasteiger partial charge in [0.1, 0.15) is 6.10 Å². The molecule has 1 heterocycles. The van der Waals surface area contributed by atoms with Crippen LogP contribution in [0.1, 0.15) is 32.1 Å². The predicted molar refractivity (Wildman–Crippen MR) is 64.3 cm³/mol. The van der Waals surface area contributed by atoms with Crippen LogP contribution in [0.5, 0.6) is 0 Å². The first-order valence-electron chi connectivity index (χ1n) is 5.05. The molecule has 1 rings (SSSR count). The number of hydrogen-bond donors (Lipinski definition) is 2. The maximum atomic E-state index is 9.93. The van der Waals surface area contributed by atoms with E-state index in [1.54, 1.807) is 12.3 Å². The van der Waals surface area contributed by atoms with Crippen LogP contribution in [0.15, 0.2) is 22.8 Å². The van der Waals surface area contributed by atoms with Gasteiger partial charge in [-0.1, -0.05) is 13.8 Å². The van der Waals surface area contributed by atoms with Crippen molar-refractivity contribution < 1.29 is 5.11 Å². The van der Waals surface area contributed by atoms with Crippen LogP contribution >= 0.6 is 15.9 Å². The molecule has 0 amide bonds. The first-order valence-corrected chi connectivity index (χ1v) is 5.85. The zero-order chi connectivity index (χ0) is 11.4. The van der Waals surface area contributed by atoms with Gasteiger partial charge in [-0.2, -0.15) is 0 Å². The largest absolute Gasteiger partial charge is 0.385 e. The number of halogens is 1. The molecule has 4 heteroatoms. The highest BCUT2D eigenvalue weighted by molar-refractivity contribution is 9.10. The molecule has 0 aromatic carbocycles. The Morgan fingerprint density at radius 2 is 2.13 bits per heavy atom. The third-order valence-corrected chi connectivity index (χ3v) is 2.67. The van der Waals surface area contributed by atoms with Crippen LogP contribution in [0.4, 0.5) is 0 Å². The molecule has 0 aliphatic rings. The minimum Gasteiger partial charge on any atom is -0.385 e. The summed E-state index contributed by atoms with van der Waals surface area (Å²) in [7, 11) is 0. The lowest BCUT2D eigenvalue weighted by molar-refractivity contribution is 0.131. The second-order valence-electron chi connectivity index (χ2n) is 4.14. The fraction of sp³-hybridized carbons (Fsp3) is 0.545. The van der Waals surface area contributed by atoms with Crippen molar-refractivity contribution in [2.75, 3.05) is 0 Å². The molecular weight excluding hydrogens is 256 g/mol. The number of aromatic nitrogens is 1. The van der Waals surface area contributed by atoms with E-state index in [0.717, 1.165) is 10.9 Å². The molecule has 1 aromatic rings. The molecule has 0 saturated heterocycles. The monoisotopic (exact) mass is 272 g/mol. The highest BCUT2D eigenvalue weighted by Gasteiger charge is 2.18. The fourth-order valence-corrected chi connectivity index (χ4v) is 1.69. The molecule has 2 unspecified atom stereocenters. The molecular formula is C11H17BrN2O. The molecule has 2 atom stereocenters. The van der Waals surface area contributed by atoms with E-state index in [-0.39, 0.29) is 6.04 Å². The number of nitrogens with two attached hydrogens (primary N) is 1. The topological polar surface area (TPSA) is 59.1 Å². The highest BCUT2D eigenvalue weighted by atomic mass is 79.9. The van der Waals surface area contributed by atoms with Crippen molar-refractivity contribution in [3.8, 4) is 0 Å². The van der Waals surface area contributed by atoms with Crippen LogP contribution in [0.2, 0.25) is 0 Å². The standard InChI is InChI=1S/C11H17BrN2O/c1-7(2)5-9(13)11(15)10-4-3-8(12)6-14-10/h3-4,6-7,9,11,15H,5,13H2,1-2H3. The Hall–Kier alpha value is -0.450. The van der Waals surface area contributed by atoms with Crippen molar-refractivity contribution in [2.45, 2.75) is 32.4 Å². The first kappa shape index (κ1) is 12.6. The van der Waals surface area contributed by atoms with E-state index in [1.165, 1.54) is 0 Å². The van der Waals surface area contributed by atoms with Gasteiger partial charge in [-0.3, -0.25) is 4.98 Å². The predicted octanol–water partition coefficient (Wildman–Crippen LogP) is 2.25. The second-order valence-corrected chi connectivity index (χ2v) is 5.06. The minimum atomic E-state index is -0.680. The van der Waals surface area contributed by atoms with Gasteiger partial charge in [-0.25, -0.2) is 0 Å². The molecule has 0 spiro atoms. The van der Waals surface area contributed by atoms with Gasteiger partial charge in [-0.05, 0) is 40.4 Å². The number of aliphatic hydroxyl groups excluding tert-OH is 1. The van der Waals surface area contributed by atoms with Crippen LogP contribution in [0.3, 0.4) is 0 Å². The second kappa shape index (κ2) is 5.58. The average Bonchev–Trinajstić information content (AvgIpc) is 2.17. The van der Waals surface area contributed by atoms with E-state index >= 15 is 0 Å². The summed E-state index contributed by atoms with van der Waals surface area (Å²) in [6, 6.07) is 3.39. The Labute approximate surface area is 98.8 Å². The van der Waals surface area contributed by atoms with Crippen molar-refractivity contribution in [2.24, 2.45) is 11.7 Å². The normalized spacial score (nSPS) is 15.3. The van der Waals surface area contributed by atoms with Crippen molar-refractivity contribution >= 4 is 15.9 Å². The van der Waals surface area contributed by atoms with Crippen LogP contribution in [0, 0.1) is 5.92 Å². The molecule has 0 aliphatic heterocycles. The lowest BCUT2D eigenvalue weighted by atomic mass is 9.98. The van der Waals surface area contributed by atoms with Crippen LogP contribution in [-0.2, 0) is 0 Å². The van der Waals surface area contributed by atoms with Crippen molar-refractivity contribution in [1.29, 1.82) is 0 Å². The Balaban J connectivity index is 2.67. The molecule has 15 heavy (non-hydrogen) atoms. The lowest BCUT2D eigenvalue weighted by Crippen LogP contribution is -2.30. The van der Waals surface area contributed by atoms with E-state index in [1.807, 2.05) is 6.07 Å². The van der Waals surface area contributed by atoms with Crippen LogP contribution in [-0.4, -0.2) is 16.1 Å². The van der Waals surface area contributed by atoms with Gasteiger partial charge in [0, 0.05) is 16.7 Å². The van der Waals surface area contributed by atoms with E-state index in [9.17, 15) is 5.11 Å². The summed E-state index contributed by atoms with van der Waals surface area (Å²) in [5.41, 5.74) is 6.52. The van der Waals surface area contributed by atoms with Crippen LogP contribution in [0.25, 0.3) is 0 Å². The summed E-state index contributed by atoms with van der Waals surface area (Å²) in [5.74, 6) is 0.477. The molecule has 0 aliphatic carbocycles. The smallest absolute Gasteiger partial charge is 0.111 e. The SMILES string of the molecule is CC(C)CC(N)C(O)c1ccc(Br)cn1. The number of pyridine rings is 1. The average molecular weight is 273 g/mol. The van der Waals surface area contributed by atoms with Gasteiger partial charge < -0.3 is 10.8 Å². The quantitative estimate of drug-likeness (QED) is 0.884. The Morgan fingerprint density at radius 3 is 2.60 bits per heavy atom. The number of nitrogens with zero attached hydrogens (tertiary/aromatic N) is 1. The summed E-state index contributed by atoms with van der Waals surface area (Å²) < 4.78 is 0.899. The lowest BCUT2D eigenvalue weighted by Gasteiger charge is -2.19. The molecule has 3 N–H and O–H groups in total. The van der Waals surface area contributed by atoms with Gasteiger partial charge in [0.15, 0.2) is 0 Å². The van der Waals surface area contributed by atoms with Crippen molar-refractivity contribution in [3.63, 3.8) is 0 Å². The van der Waals surface area contributed by atoms with E-state index in [2.05, 4.69) is 34.8 Å². The zero-order valence-corrected chi connectivity index (χ0v) is 10.6. The third-order valence-electron chi connectivity index (χ3n) is 2.20. The summed E-state index contributed by atoms with van der Waals surface area (Å²) in [6.07, 6.45) is 1.78. The van der Waals surface area contributed by atoms with Gasteiger partial charge in [0.2, 0.25) is 0 Å². The number of aliphatic hydroxyl groups is 1. The third kappa shape index (κ3) is 3.89. The summed E-state index contributed by atoms with van der Waals surface area (Å²) in [6.45, 7) is 4.17. The maximum Gasteiger partial charge on any atom is 0.111 e. The molecule has 0 radical (unpaired) electrons. The Morgan fingerprint density at radius 1 is 1.47 bits per heavy atom. The summed E-state index contributed by atoms with van der Waals surface area (Å²) in [4.78, 5) is 4.13. The van der Waals surface area contributed by atoms with Gasteiger partial charge in [-0.15, -0.1) is 0 Å². The zero-order valence-electron chi connectivity index (χ0n) is 9.02. The molecule has 0 fully saturated rings. The Bertz CT molecular complexity index is 300. The first-order chi connectivity index (χ1) is 7.00. The van der Waals surface area contributed by atoms with E-state index in [0.29, 0.717) is 11.6 Å². The van der Waals surface area contributed by atoms with Crippen LogP contribution < -0.4 is 5.73 Å². The molecule has 0 bridgehead atoms. The molecule has 84 valence electrons. The fourth-order valence-electron chi connectivity index (χ4n) is 1.45. The van der Waals surface area contributed by atoms with Gasteiger partial charge in [0.05, 0.1) is 5.69 Å². The van der Waals surface area contributed by atoms with Crippen molar-refractivity contribution in [1.82, 2.24) is 4.98 Å². The summed E-state index contributed by atoms with van der Waals surface area (Å²) >= 11 is 3.30. The Kier molecular flexibility index (Phi) is 4.70. The number of rotatable bonds is 4. The highest BCUT2D eigenvalue weighted by Crippen LogP contribution is 2.19. The van der Waals surface area contributed by atoms with Gasteiger partial charge in [0.25, 0.3) is 0 Å². The van der Waals surface area contributed by atoms with Crippen molar-refractivity contribution in [3.05, 3.63) is 28.5 Å². The molecule has 3 nitrogen and oxygen atoms in total. The number of hydrogen-bond acceptors (Lipinski definition) is 3. The van der Waals surface area contributed by atoms with E-state index < -0.39 is 6.10 Å². The molecule has 1 aromatic heterocycles. The minimum absolute atomic E-state index is 0.251.